The Hall–Kier alpha value is -1.73. The van der Waals surface area contributed by atoms with Crippen LogP contribution in [0.2, 0.25) is 0 Å². The average Bonchev–Trinajstić information content (AvgIpc) is 3.31. The van der Waals surface area contributed by atoms with Gasteiger partial charge in [0, 0.05) is 17.8 Å². The number of nitrogens with two attached hydrogens (primary N) is 1. The molecular weight excluding hydrogens is 396 g/mol. The molecule has 2 aromatic rings. The molecule has 0 radical (unpaired) electrons. The molecular formula is C23H38N4O2S. The highest BCUT2D eigenvalue weighted by atomic mass is 32.1. The van der Waals surface area contributed by atoms with Gasteiger partial charge in [-0.3, -0.25) is 4.79 Å². The standard InChI is InChI=1S/C19H25N3O2S.C3H8.CH5N/c1-2-20-15(23)10-12-8-9-14-16(12)17-18(21-11-22-19(17)25-14)24-13-6-4-3-5-7-13;1-3-2;1-2/h11-13H,2-10H2,1H3,(H,20,23);3H2,1-2H3;2H2,1H3/t12-;;/m1../s1. The monoisotopic (exact) mass is 434 g/mol. The molecule has 1 amide bonds. The molecule has 2 heterocycles. The Morgan fingerprint density at radius 3 is 2.53 bits per heavy atom. The first-order chi connectivity index (χ1) is 14.7. The first-order valence-corrected chi connectivity index (χ1v) is 12.3. The van der Waals surface area contributed by atoms with E-state index in [1.165, 1.54) is 43.2 Å². The molecule has 2 aliphatic rings. The molecule has 6 nitrogen and oxygen atoms in total. The van der Waals surface area contributed by atoms with E-state index >= 15 is 0 Å². The Morgan fingerprint density at radius 1 is 1.17 bits per heavy atom. The molecule has 0 saturated heterocycles. The van der Waals surface area contributed by atoms with Crippen molar-refractivity contribution >= 4 is 27.5 Å². The van der Waals surface area contributed by atoms with Crippen LogP contribution in [0.25, 0.3) is 10.2 Å². The number of nitrogens with zero attached hydrogens (tertiary/aromatic N) is 2. The maximum atomic E-state index is 12.1. The highest BCUT2D eigenvalue weighted by Gasteiger charge is 2.32. The zero-order valence-corrected chi connectivity index (χ0v) is 19.8. The zero-order valence-electron chi connectivity index (χ0n) is 19.0. The van der Waals surface area contributed by atoms with E-state index in [9.17, 15) is 4.79 Å². The van der Waals surface area contributed by atoms with Gasteiger partial charge >= 0.3 is 0 Å². The summed E-state index contributed by atoms with van der Waals surface area (Å²) in [7, 11) is 1.50. The Kier molecular flexibility index (Phi) is 10.5. The fourth-order valence-corrected chi connectivity index (χ4v) is 5.40. The second-order valence-corrected chi connectivity index (χ2v) is 8.86. The maximum absolute atomic E-state index is 12.1. The number of aromatic nitrogens is 2. The largest absolute Gasteiger partial charge is 0.474 e. The number of aryl methyl sites for hydroxylation is 1. The van der Waals surface area contributed by atoms with Gasteiger partial charge in [0.25, 0.3) is 0 Å². The Morgan fingerprint density at radius 2 is 1.87 bits per heavy atom. The summed E-state index contributed by atoms with van der Waals surface area (Å²) in [6.07, 6.45) is 11.7. The van der Waals surface area contributed by atoms with E-state index in [-0.39, 0.29) is 17.9 Å². The van der Waals surface area contributed by atoms with Crippen LogP contribution in [-0.2, 0) is 11.2 Å². The van der Waals surface area contributed by atoms with Gasteiger partial charge in [-0.05, 0) is 64.0 Å². The zero-order chi connectivity index (χ0) is 21.9. The Labute approximate surface area is 185 Å². The lowest BCUT2D eigenvalue weighted by molar-refractivity contribution is -0.121. The van der Waals surface area contributed by atoms with Crippen LogP contribution in [0.3, 0.4) is 0 Å². The fraction of sp³-hybridized carbons (Fsp3) is 0.696. The van der Waals surface area contributed by atoms with Gasteiger partial charge < -0.3 is 15.8 Å². The van der Waals surface area contributed by atoms with Crippen LogP contribution in [0.5, 0.6) is 5.88 Å². The van der Waals surface area contributed by atoms with E-state index in [0.717, 1.165) is 41.8 Å². The number of fused-ring (bicyclic) bond motifs is 3. The van der Waals surface area contributed by atoms with Crippen LogP contribution >= 0.6 is 11.3 Å². The van der Waals surface area contributed by atoms with Crippen molar-refractivity contribution in [1.29, 1.82) is 0 Å². The summed E-state index contributed by atoms with van der Waals surface area (Å²) in [5.74, 6) is 1.12. The minimum Gasteiger partial charge on any atom is -0.474 e. The van der Waals surface area contributed by atoms with Crippen molar-refractivity contribution in [2.45, 2.75) is 90.6 Å². The molecule has 3 N–H and O–H groups in total. The topological polar surface area (TPSA) is 90.1 Å². The molecule has 1 atom stereocenters. The molecule has 0 bridgehead atoms. The molecule has 7 heteroatoms. The smallest absolute Gasteiger partial charge is 0.225 e. The summed E-state index contributed by atoms with van der Waals surface area (Å²) in [5, 5.41) is 4.00. The first kappa shape index (κ1) is 24.5. The molecule has 168 valence electrons. The van der Waals surface area contributed by atoms with Crippen LogP contribution in [0.15, 0.2) is 6.33 Å². The minimum atomic E-state index is 0.131. The normalized spacial score (nSPS) is 18.0. The molecule has 2 aromatic heterocycles. The van der Waals surface area contributed by atoms with Gasteiger partial charge in [0.2, 0.25) is 11.8 Å². The number of carbonyl (C=O) groups is 1. The quantitative estimate of drug-likeness (QED) is 0.695. The first-order valence-electron chi connectivity index (χ1n) is 11.4. The summed E-state index contributed by atoms with van der Waals surface area (Å²) >= 11 is 1.74. The predicted octanol–water partition coefficient (Wildman–Crippen LogP) is 4.95. The van der Waals surface area contributed by atoms with Gasteiger partial charge in [-0.25, -0.2) is 9.97 Å². The predicted molar refractivity (Wildman–Crippen MR) is 125 cm³/mol. The van der Waals surface area contributed by atoms with Gasteiger partial charge in [0.05, 0.1) is 5.39 Å². The lowest BCUT2D eigenvalue weighted by atomic mass is 9.96. The van der Waals surface area contributed by atoms with Crippen molar-refractivity contribution in [2.75, 3.05) is 13.6 Å². The van der Waals surface area contributed by atoms with E-state index in [1.54, 1.807) is 17.7 Å². The van der Waals surface area contributed by atoms with Crippen molar-refractivity contribution in [3.05, 3.63) is 16.8 Å². The third-order valence-corrected chi connectivity index (χ3v) is 6.50. The van der Waals surface area contributed by atoms with Gasteiger partial charge in [-0.15, -0.1) is 11.3 Å². The molecule has 30 heavy (non-hydrogen) atoms. The van der Waals surface area contributed by atoms with Crippen LogP contribution < -0.4 is 15.8 Å². The van der Waals surface area contributed by atoms with E-state index in [4.69, 9.17) is 4.74 Å². The summed E-state index contributed by atoms with van der Waals surface area (Å²) in [6, 6.07) is 0. The summed E-state index contributed by atoms with van der Waals surface area (Å²) in [5.41, 5.74) is 5.78. The van der Waals surface area contributed by atoms with Crippen molar-refractivity contribution in [1.82, 2.24) is 15.3 Å². The van der Waals surface area contributed by atoms with E-state index in [2.05, 4.69) is 34.9 Å². The second-order valence-electron chi connectivity index (χ2n) is 7.78. The lowest BCUT2D eigenvalue weighted by Crippen LogP contribution is -2.24. The number of ether oxygens (including phenoxy) is 1. The number of amides is 1. The molecule has 0 unspecified atom stereocenters. The summed E-state index contributed by atoms with van der Waals surface area (Å²) in [6.45, 7) is 6.89. The van der Waals surface area contributed by atoms with Gasteiger partial charge in [0.15, 0.2) is 0 Å². The molecule has 0 aromatic carbocycles. The number of thiophene rings is 1. The molecule has 0 spiro atoms. The summed E-state index contributed by atoms with van der Waals surface area (Å²) in [4.78, 5) is 23.4. The van der Waals surface area contributed by atoms with Crippen LogP contribution in [-0.4, -0.2) is 35.6 Å². The number of rotatable bonds is 5. The third-order valence-electron chi connectivity index (χ3n) is 5.33. The molecule has 1 fully saturated rings. The number of hydrogen-bond acceptors (Lipinski definition) is 6. The Balaban J connectivity index is 0.000000590. The van der Waals surface area contributed by atoms with E-state index < -0.39 is 0 Å². The van der Waals surface area contributed by atoms with E-state index in [1.807, 2.05) is 6.92 Å². The lowest BCUT2D eigenvalue weighted by Gasteiger charge is -2.23. The molecule has 4 rings (SSSR count). The fourth-order valence-electron chi connectivity index (χ4n) is 4.17. The van der Waals surface area contributed by atoms with Crippen LogP contribution in [0, 0.1) is 0 Å². The molecule has 1 saturated carbocycles. The van der Waals surface area contributed by atoms with Crippen molar-refractivity contribution in [3.8, 4) is 5.88 Å². The van der Waals surface area contributed by atoms with Gasteiger partial charge in [-0.2, -0.15) is 0 Å². The van der Waals surface area contributed by atoms with Crippen LogP contribution in [0.4, 0.5) is 0 Å². The van der Waals surface area contributed by atoms with Gasteiger partial charge in [-0.1, -0.05) is 26.7 Å². The number of carbonyl (C=O) groups excluding carboxylic acids is 1. The molecule has 0 aliphatic heterocycles. The Bertz CT molecular complexity index is 787. The number of nitrogens with one attached hydrogen (secondary N) is 1. The third kappa shape index (κ3) is 6.14. The SMILES string of the molecule is CCC.CCNC(=O)C[C@H]1CCc2sc3ncnc(OC4CCCCC4)c3c21.CN. The highest BCUT2D eigenvalue weighted by molar-refractivity contribution is 7.19. The van der Waals surface area contributed by atoms with Crippen molar-refractivity contribution < 1.29 is 9.53 Å². The second kappa shape index (κ2) is 12.8. The minimum absolute atomic E-state index is 0.131. The molecule has 2 aliphatic carbocycles. The maximum Gasteiger partial charge on any atom is 0.225 e. The van der Waals surface area contributed by atoms with Crippen molar-refractivity contribution in [2.24, 2.45) is 5.73 Å². The highest BCUT2D eigenvalue weighted by Crippen LogP contribution is 2.47. The van der Waals surface area contributed by atoms with Gasteiger partial charge in [0.1, 0.15) is 17.3 Å². The summed E-state index contributed by atoms with van der Waals surface area (Å²) < 4.78 is 6.31. The van der Waals surface area contributed by atoms with Crippen molar-refractivity contribution in [3.63, 3.8) is 0 Å². The van der Waals surface area contributed by atoms with E-state index in [0.29, 0.717) is 13.0 Å². The van der Waals surface area contributed by atoms with Crippen LogP contribution in [0.1, 0.15) is 88.5 Å². The number of hydrogen-bond donors (Lipinski definition) is 2. The average molecular weight is 435 g/mol.